The van der Waals surface area contributed by atoms with Gasteiger partial charge in [-0.25, -0.2) is 4.98 Å². The zero-order valence-corrected chi connectivity index (χ0v) is 12.5. The molecule has 0 amide bonds. The maximum Gasteiger partial charge on any atom is 0.317 e. The number of hydrogen-bond donors (Lipinski definition) is 1. The van der Waals surface area contributed by atoms with Crippen molar-refractivity contribution < 1.29 is 9.90 Å². The maximum absolute atomic E-state index is 10.8. The number of imidazole rings is 1. The Hall–Kier alpha value is -1.30. The number of fused-ring (bicyclic) bond motifs is 1. The van der Waals surface area contributed by atoms with Crippen molar-refractivity contribution in [3.05, 3.63) is 34.2 Å². The molecule has 0 unspecified atom stereocenters. The zero-order chi connectivity index (χ0) is 14.7. The number of carboxylic acid groups (broad SMARTS) is 1. The third kappa shape index (κ3) is 3.62. The third-order valence-corrected chi connectivity index (χ3v) is 3.29. The second-order valence-electron chi connectivity index (χ2n) is 4.57. The molecule has 2 aromatic rings. The number of carbonyl (C=O) groups is 1. The van der Waals surface area contributed by atoms with E-state index in [1.165, 1.54) is 0 Å². The number of pyridine rings is 1. The van der Waals surface area contributed by atoms with Crippen LogP contribution >= 0.6 is 23.2 Å². The monoisotopic (exact) mass is 315 g/mol. The van der Waals surface area contributed by atoms with Crippen molar-refractivity contribution >= 4 is 34.8 Å². The zero-order valence-electron chi connectivity index (χ0n) is 11.0. The molecule has 0 aliphatic heterocycles. The van der Waals surface area contributed by atoms with E-state index in [1.54, 1.807) is 16.7 Å². The van der Waals surface area contributed by atoms with Crippen molar-refractivity contribution in [1.29, 1.82) is 0 Å². The van der Waals surface area contributed by atoms with Gasteiger partial charge in [-0.2, -0.15) is 0 Å². The van der Waals surface area contributed by atoms with E-state index in [9.17, 15) is 4.79 Å². The molecule has 0 aromatic carbocycles. The molecule has 2 rings (SSSR count). The first-order chi connectivity index (χ1) is 9.49. The van der Waals surface area contributed by atoms with Crippen LogP contribution in [0.2, 0.25) is 10.0 Å². The van der Waals surface area contributed by atoms with Gasteiger partial charge in [0.2, 0.25) is 0 Å². The van der Waals surface area contributed by atoms with Gasteiger partial charge < -0.3 is 9.51 Å². The van der Waals surface area contributed by atoms with Gasteiger partial charge in [-0.1, -0.05) is 30.1 Å². The first-order valence-electron chi connectivity index (χ1n) is 6.26. The molecule has 7 heteroatoms. The average Bonchev–Trinajstić information content (AvgIpc) is 2.71. The molecule has 2 aromatic heterocycles. The second-order valence-corrected chi connectivity index (χ2v) is 5.42. The van der Waals surface area contributed by atoms with Gasteiger partial charge in [-0.15, -0.1) is 0 Å². The Kier molecular flexibility index (Phi) is 4.86. The molecule has 20 heavy (non-hydrogen) atoms. The number of carboxylic acids is 1. The molecule has 0 spiro atoms. The van der Waals surface area contributed by atoms with E-state index in [4.69, 9.17) is 28.3 Å². The fraction of sp³-hybridized carbons (Fsp3) is 0.385. The number of aromatic nitrogens is 2. The highest BCUT2D eigenvalue weighted by Crippen LogP contribution is 2.22. The summed E-state index contributed by atoms with van der Waals surface area (Å²) < 4.78 is 1.75. The summed E-state index contributed by atoms with van der Waals surface area (Å²) in [5.41, 5.74) is 1.39. The van der Waals surface area contributed by atoms with Crippen molar-refractivity contribution in [1.82, 2.24) is 14.3 Å². The lowest BCUT2D eigenvalue weighted by Crippen LogP contribution is -2.30. The molecule has 0 saturated carbocycles. The highest BCUT2D eigenvalue weighted by molar-refractivity contribution is 6.36. The lowest BCUT2D eigenvalue weighted by atomic mass is 10.3. The van der Waals surface area contributed by atoms with E-state index in [0.717, 1.165) is 12.1 Å². The lowest BCUT2D eigenvalue weighted by molar-refractivity contribution is -0.138. The minimum absolute atomic E-state index is 0.00377. The molecule has 0 aliphatic rings. The summed E-state index contributed by atoms with van der Waals surface area (Å²) in [4.78, 5) is 17.1. The fourth-order valence-electron chi connectivity index (χ4n) is 2.10. The van der Waals surface area contributed by atoms with Crippen molar-refractivity contribution in [2.45, 2.75) is 19.9 Å². The molecule has 108 valence electrons. The normalized spacial score (nSPS) is 11.4. The van der Waals surface area contributed by atoms with Gasteiger partial charge in [0, 0.05) is 18.9 Å². The number of aliphatic carboxylic acids is 1. The average molecular weight is 316 g/mol. The van der Waals surface area contributed by atoms with Gasteiger partial charge in [-0.05, 0) is 19.0 Å². The van der Waals surface area contributed by atoms with Crippen LogP contribution in [0.25, 0.3) is 5.65 Å². The van der Waals surface area contributed by atoms with Crippen LogP contribution in [-0.4, -0.2) is 38.4 Å². The van der Waals surface area contributed by atoms with E-state index in [-0.39, 0.29) is 6.54 Å². The van der Waals surface area contributed by atoms with Crippen LogP contribution < -0.4 is 0 Å². The summed E-state index contributed by atoms with van der Waals surface area (Å²) in [7, 11) is 0. The molecule has 0 aliphatic carbocycles. The number of hydrogen-bond acceptors (Lipinski definition) is 3. The molecular weight excluding hydrogens is 301 g/mol. The first kappa shape index (κ1) is 15.1. The van der Waals surface area contributed by atoms with Crippen LogP contribution in [0.4, 0.5) is 0 Å². The molecule has 0 saturated heterocycles. The number of nitrogens with zero attached hydrogens (tertiary/aromatic N) is 3. The Bertz CT molecular complexity index is 627. The highest BCUT2D eigenvalue weighted by Gasteiger charge is 2.13. The van der Waals surface area contributed by atoms with Gasteiger partial charge in [0.25, 0.3) is 0 Å². The van der Waals surface area contributed by atoms with Crippen molar-refractivity contribution in [3.63, 3.8) is 0 Å². The maximum atomic E-state index is 10.8. The second kappa shape index (κ2) is 6.43. The summed E-state index contributed by atoms with van der Waals surface area (Å²) >= 11 is 12.0. The summed E-state index contributed by atoms with van der Waals surface area (Å²) in [6.45, 7) is 3.18. The summed E-state index contributed by atoms with van der Waals surface area (Å²) in [6.07, 6.45) is 4.42. The molecule has 0 atom stereocenters. The van der Waals surface area contributed by atoms with Crippen LogP contribution in [0.5, 0.6) is 0 Å². The van der Waals surface area contributed by atoms with Gasteiger partial charge in [0.15, 0.2) is 5.65 Å². The minimum atomic E-state index is -0.844. The van der Waals surface area contributed by atoms with E-state index < -0.39 is 5.97 Å². The standard InChI is InChI=1S/C13H15Cl2N3O2/c1-2-3-17(8-12(19)20)6-10-7-18-5-9(14)4-11(15)13(18)16-10/h4-5,7H,2-3,6,8H2,1H3,(H,19,20). The van der Waals surface area contributed by atoms with Crippen molar-refractivity contribution in [2.75, 3.05) is 13.1 Å². The minimum Gasteiger partial charge on any atom is -0.480 e. The molecular formula is C13H15Cl2N3O2. The van der Waals surface area contributed by atoms with Gasteiger partial charge in [-0.3, -0.25) is 9.69 Å². The van der Waals surface area contributed by atoms with E-state index in [1.807, 2.05) is 18.0 Å². The molecule has 0 radical (unpaired) electrons. The largest absolute Gasteiger partial charge is 0.480 e. The van der Waals surface area contributed by atoms with Gasteiger partial charge in [0.1, 0.15) is 0 Å². The third-order valence-electron chi connectivity index (χ3n) is 2.81. The molecule has 5 nitrogen and oxygen atoms in total. The smallest absolute Gasteiger partial charge is 0.317 e. The highest BCUT2D eigenvalue weighted by atomic mass is 35.5. The van der Waals surface area contributed by atoms with Crippen molar-refractivity contribution in [3.8, 4) is 0 Å². The van der Waals surface area contributed by atoms with Crippen LogP contribution in [0, 0.1) is 0 Å². The van der Waals surface area contributed by atoms with Crippen LogP contribution in [0.1, 0.15) is 19.0 Å². The van der Waals surface area contributed by atoms with Gasteiger partial charge >= 0.3 is 5.97 Å². The summed E-state index contributed by atoms with van der Waals surface area (Å²) in [5, 5.41) is 9.91. The molecule has 0 fully saturated rings. The molecule has 2 heterocycles. The topological polar surface area (TPSA) is 57.8 Å². The number of halogens is 2. The van der Waals surface area contributed by atoms with Crippen LogP contribution in [0.15, 0.2) is 18.5 Å². The number of rotatable bonds is 6. The fourth-order valence-corrected chi connectivity index (χ4v) is 2.63. The molecule has 1 N–H and O–H groups in total. The van der Waals surface area contributed by atoms with Crippen LogP contribution in [0.3, 0.4) is 0 Å². The van der Waals surface area contributed by atoms with Crippen LogP contribution in [-0.2, 0) is 11.3 Å². The van der Waals surface area contributed by atoms with Gasteiger partial charge in [0.05, 0.1) is 22.3 Å². The summed E-state index contributed by atoms with van der Waals surface area (Å²) in [5.74, 6) is -0.844. The lowest BCUT2D eigenvalue weighted by Gasteiger charge is -2.17. The summed E-state index contributed by atoms with van der Waals surface area (Å²) in [6, 6.07) is 1.64. The predicted octanol–water partition coefficient (Wildman–Crippen LogP) is 2.94. The van der Waals surface area contributed by atoms with Crippen molar-refractivity contribution in [2.24, 2.45) is 0 Å². The SMILES string of the molecule is CCCN(CC(=O)O)Cc1cn2cc(Cl)cc(Cl)c2n1. The Morgan fingerprint density at radius 1 is 1.45 bits per heavy atom. The van der Waals surface area contributed by atoms with E-state index >= 15 is 0 Å². The Morgan fingerprint density at radius 3 is 2.85 bits per heavy atom. The van der Waals surface area contributed by atoms with E-state index in [2.05, 4.69) is 4.98 Å². The van der Waals surface area contributed by atoms with E-state index in [0.29, 0.717) is 28.8 Å². The molecule has 0 bridgehead atoms. The first-order valence-corrected chi connectivity index (χ1v) is 7.02. The Morgan fingerprint density at radius 2 is 2.20 bits per heavy atom. The quantitative estimate of drug-likeness (QED) is 0.890. The Labute approximate surface area is 126 Å². The Balaban J connectivity index is 2.23. The predicted molar refractivity (Wildman–Crippen MR) is 78.4 cm³/mol.